The molecule has 20 heavy (non-hydrogen) atoms. The fourth-order valence-electron chi connectivity index (χ4n) is 2.85. The SMILES string of the molecule is CCCCC(CC)(CNCCC)Cc1cccc(O)c1. The van der Waals surface area contributed by atoms with Gasteiger partial charge in [0.15, 0.2) is 0 Å². The van der Waals surface area contributed by atoms with Gasteiger partial charge in [-0.3, -0.25) is 0 Å². The van der Waals surface area contributed by atoms with Crippen molar-refractivity contribution in [3.63, 3.8) is 0 Å². The summed E-state index contributed by atoms with van der Waals surface area (Å²) >= 11 is 0. The molecule has 0 amide bonds. The molecule has 0 fully saturated rings. The van der Waals surface area contributed by atoms with Gasteiger partial charge < -0.3 is 10.4 Å². The summed E-state index contributed by atoms with van der Waals surface area (Å²) in [7, 11) is 0. The second kappa shape index (κ2) is 9.02. The van der Waals surface area contributed by atoms with Gasteiger partial charge in [-0.2, -0.15) is 0 Å². The first-order chi connectivity index (χ1) is 9.65. The van der Waals surface area contributed by atoms with Crippen molar-refractivity contribution in [2.24, 2.45) is 5.41 Å². The van der Waals surface area contributed by atoms with Crippen LogP contribution in [0.15, 0.2) is 24.3 Å². The normalized spacial score (nSPS) is 14.2. The molecular weight excluding hydrogens is 246 g/mol. The van der Waals surface area contributed by atoms with Crippen LogP contribution in [0.4, 0.5) is 0 Å². The van der Waals surface area contributed by atoms with Crippen molar-refractivity contribution in [1.82, 2.24) is 5.32 Å². The van der Waals surface area contributed by atoms with Crippen LogP contribution in [0.5, 0.6) is 5.75 Å². The van der Waals surface area contributed by atoms with Gasteiger partial charge in [-0.15, -0.1) is 0 Å². The molecule has 0 saturated carbocycles. The topological polar surface area (TPSA) is 32.3 Å². The molecule has 0 saturated heterocycles. The van der Waals surface area contributed by atoms with Crippen LogP contribution < -0.4 is 5.32 Å². The molecular formula is C18H31NO. The molecule has 114 valence electrons. The van der Waals surface area contributed by atoms with E-state index >= 15 is 0 Å². The first kappa shape index (κ1) is 17.0. The molecule has 1 aromatic carbocycles. The molecule has 0 heterocycles. The molecule has 2 nitrogen and oxygen atoms in total. The Morgan fingerprint density at radius 3 is 2.55 bits per heavy atom. The monoisotopic (exact) mass is 277 g/mol. The van der Waals surface area contributed by atoms with Gasteiger partial charge in [-0.05, 0) is 55.3 Å². The lowest BCUT2D eigenvalue weighted by Crippen LogP contribution is -2.36. The van der Waals surface area contributed by atoms with Crippen molar-refractivity contribution >= 4 is 0 Å². The Morgan fingerprint density at radius 2 is 1.95 bits per heavy atom. The number of hydrogen-bond acceptors (Lipinski definition) is 2. The van der Waals surface area contributed by atoms with E-state index < -0.39 is 0 Å². The smallest absolute Gasteiger partial charge is 0.115 e. The summed E-state index contributed by atoms with van der Waals surface area (Å²) in [5.41, 5.74) is 1.57. The Balaban J connectivity index is 2.78. The fraction of sp³-hybridized carbons (Fsp3) is 0.667. The highest BCUT2D eigenvalue weighted by Gasteiger charge is 2.27. The number of hydrogen-bond donors (Lipinski definition) is 2. The molecule has 1 unspecified atom stereocenters. The molecule has 0 aliphatic rings. The molecule has 1 aromatic rings. The van der Waals surface area contributed by atoms with Gasteiger partial charge >= 0.3 is 0 Å². The highest BCUT2D eigenvalue weighted by molar-refractivity contribution is 5.28. The number of rotatable bonds is 10. The Hall–Kier alpha value is -1.02. The largest absolute Gasteiger partial charge is 0.508 e. The third-order valence-corrected chi connectivity index (χ3v) is 4.23. The molecule has 0 aliphatic carbocycles. The molecule has 0 aliphatic heterocycles. The van der Waals surface area contributed by atoms with Gasteiger partial charge in [0.25, 0.3) is 0 Å². The van der Waals surface area contributed by atoms with E-state index in [1.807, 2.05) is 12.1 Å². The first-order valence-corrected chi connectivity index (χ1v) is 8.14. The van der Waals surface area contributed by atoms with E-state index in [1.165, 1.54) is 37.7 Å². The predicted octanol–water partition coefficient (Wildman–Crippen LogP) is 4.52. The lowest BCUT2D eigenvalue weighted by molar-refractivity contribution is 0.229. The number of phenolic OH excluding ortho intramolecular Hbond substituents is 1. The summed E-state index contributed by atoms with van der Waals surface area (Å²) < 4.78 is 0. The van der Waals surface area contributed by atoms with Crippen molar-refractivity contribution in [2.75, 3.05) is 13.1 Å². The number of aromatic hydroxyl groups is 1. The summed E-state index contributed by atoms with van der Waals surface area (Å²) in [6.07, 6.45) is 7.19. The Labute approximate surface area is 124 Å². The highest BCUT2D eigenvalue weighted by atomic mass is 16.3. The molecule has 0 spiro atoms. The van der Waals surface area contributed by atoms with E-state index in [2.05, 4.69) is 32.2 Å². The van der Waals surface area contributed by atoms with Gasteiger partial charge in [0, 0.05) is 6.54 Å². The van der Waals surface area contributed by atoms with E-state index in [4.69, 9.17) is 0 Å². The second-order valence-electron chi connectivity index (χ2n) is 5.98. The van der Waals surface area contributed by atoms with Crippen LogP contribution >= 0.6 is 0 Å². The lowest BCUT2D eigenvalue weighted by atomic mass is 9.75. The zero-order valence-electron chi connectivity index (χ0n) is 13.4. The summed E-state index contributed by atoms with van der Waals surface area (Å²) in [5.74, 6) is 0.379. The predicted molar refractivity (Wildman–Crippen MR) is 87.2 cm³/mol. The standard InChI is InChI=1S/C18H31NO/c1-4-7-11-18(6-3,15-19-12-5-2)14-16-9-8-10-17(20)13-16/h8-10,13,19-20H,4-7,11-12,14-15H2,1-3H3. The van der Waals surface area contributed by atoms with Crippen molar-refractivity contribution in [1.29, 1.82) is 0 Å². The average molecular weight is 277 g/mol. The maximum absolute atomic E-state index is 9.66. The van der Waals surface area contributed by atoms with E-state index in [-0.39, 0.29) is 0 Å². The van der Waals surface area contributed by atoms with Crippen molar-refractivity contribution in [3.05, 3.63) is 29.8 Å². The number of unbranched alkanes of at least 4 members (excludes halogenated alkanes) is 1. The minimum atomic E-state index is 0.318. The summed E-state index contributed by atoms with van der Waals surface area (Å²) in [4.78, 5) is 0. The molecule has 1 atom stereocenters. The summed E-state index contributed by atoms with van der Waals surface area (Å²) in [6.45, 7) is 8.93. The van der Waals surface area contributed by atoms with Crippen LogP contribution in [0, 0.1) is 5.41 Å². The summed E-state index contributed by atoms with van der Waals surface area (Å²) in [6, 6.07) is 7.74. The maximum atomic E-state index is 9.66. The molecule has 0 radical (unpaired) electrons. The molecule has 0 aromatic heterocycles. The average Bonchev–Trinajstić information content (AvgIpc) is 2.45. The lowest BCUT2D eigenvalue weighted by Gasteiger charge is -2.34. The molecule has 0 bridgehead atoms. The zero-order valence-corrected chi connectivity index (χ0v) is 13.4. The third kappa shape index (κ3) is 5.54. The van der Waals surface area contributed by atoms with Crippen LogP contribution in [-0.4, -0.2) is 18.2 Å². The van der Waals surface area contributed by atoms with Gasteiger partial charge in [-0.25, -0.2) is 0 Å². The van der Waals surface area contributed by atoms with Gasteiger partial charge in [-0.1, -0.05) is 45.7 Å². The number of nitrogens with one attached hydrogen (secondary N) is 1. The van der Waals surface area contributed by atoms with E-state index in [1.54, 1.807) is 6.07 Å². The number of phenols is 1. The quantitative estimate of drug-likeness (QED) is 0.616. The van der Waals surface area contributed by atoms with Crippen LogP contribution in [0.25, 0.3) is 0 Å². The van der Waals surface area contributed by atoms with Gasteiger partial charge in [0.05, 0.1) is 0 Å². The van der Waals surface area contributed by atoms with E-state index in [9.17, 15) is 5.11 Å². The highest BCUT2D eigenvalue weighted by Crippen LogP contribution is 2.33. The van der Waals surface area contributed by atoms with Gasteiger partial charge in [0.2, 0.25) is 0 Å². The molecule has 1 rings (SSSR count). The van der Waals surface area contributed by atoms with Crippen molar-refractivity contribution in [3.8, 4) is 5.75 Å². The summed E-state index contributed by atoms with van der Waals surface area (Å²) in [5, 5.41) is 13.3. The van der Waals surface area contributed by atoms with Crippen molar-refractivity contribution in [2.45, 2.75) is 59.3 Å². The van der Waals surface area contributed by atoms with Gasteiger partial charge in [0.1, 0.15) is 5.75 Å². The van der Waals surface area contributed by atoms with Crippen LogP contribution in [0.3, 0.4) is 0 Å². The minimum Gasteiger partial charge on any atom is -0.508 e. The van der Waals surface area contributed by atoms with Crippen LogP contribution in [-0.2, 0) is 6.42 Å². The minimum absolute atomic E-state index is 0.318. The Morgan fingerprint density at radius 1 is 1.15 bits per heavy atom. The van der Waals surface area contributed by atoms with Crippen molar-refractivity contribution < 1.29 is 5.11 Å². The van der Waals surface area contributed by atoms with E-state index in [0.717, 1.165) is 19.5 Å². The fourth-order valence-corrected chi connectivity index (χ4v) is 2.85. The number of benzene rings is 1. The van der Waals surface area contributed by atoms with E-state index in [0.29, 0.717) is 11.2 Å². The Kier molecular flexibility index (Phi) is 7.68. The molecule has 2 heteroatoms. The Bertz CT molecular complexity index is 377. The second-order valence-corrected chi connectivity index (χ2v) is 5.98. The van der Waals surface area contributed by atoms with Crippen LogP contribution in [0.2, 0.25) is 0 Å². The molecule has 2 N–H and O–H groups in total. The first-order valence-electron chi connectivity index (χ1n) is 8.14. The zero-order chi connectivity index (χ0) is 14.8. The van der Waals surface area contributed by atoms with Crippen LogP contribution in [0.1, 0.15) is 58.4 Å². The third-order valence-electron chi connectivity index (χ3n) is 4.23. The maximum Gasteiger partial charge on any atom is 0.115 e.